The fraction of sp³-hybridized carbons (Fsp3) is 0.304. The van der Waals surface area contributed by atoms with Gasteiger partial charge in [0.1, 0.15) is 6.04 Å². The third-order valence-electron chi connectivity index (χ3n) is 5.68. The molecule has 2 aromatic carbocycles. The Kier molecular flexibility index (Phi) is 6.80. The smallest absolute Gasteiger partial charge is 0.244 e. The number of nitrogens with one attached hydrogen (secondary N) is 2. The van der Waals surface area contributed by atoms with Gasteiger partial charge in [0.2, 0.25) is 5.91 Å². The van der Waals surface area contributed by atoms with Crippen LogP contribution in [0.5, 0.6) is 0 Å². The van der Waals surface area contributed by atoms with E-state index in [1.54, 1.807) is 16.2 Å². The fourth-order valence-corrected chi connectivity index (χ4v) is 4.73. The highest BCUT2D eigenvalue weighted by molar-refractivity contribution is 7.97. The van der Waals surface area contributed by atoms with Crippen molar-refractivity contribution >= 4 is 47.0 Å². The average molecular weight is 470 g/mol. The van der Waals surface area contributed by atoms with Gasteiger partial charge in [-0.1, -0.05) is 25.1 Å². The predicted molar refractivity (Wildman–Crippen MR) is 132 cm³/mol. The summed E-state index contributed by atoms with van der Waals surface area (Å²) in [5.41, 5.74) is 12.8. The first kappa shape index (κ1) is 22.7. The van der Waals surface area contributed by atoms with E-state index in [2.05, 4.69) is 11.6 Å². The first-order valence-corrected chi connectivity index (χ1v) is 12.4. The fourth-order valence-electron chi connectivity index (χ4n) is 3.78. The number of fused-ring (bicyclic) bond motifs is 1. The zero-order chi connectivity index (χ0) is 22.8. The Morgan fingerprint density at radius 1 is 1.28 bits per heavy atom. The summed E-state index contributed by atoms with van der Waals surface area (Å²) < 4.78 is 8.61. The minimum atomic E-state index is -0.723. The summed E-state index contributed by atoms with van der Waals surface area (Å²) in [5, 5.41) is 10.1. The van der Waals surface area contributed by atoms with Crippen molar-refractivity contribution in [2.24, 2.45) is 5.73 Å². The van der Waals surface area contributed by atoms with Crippen molar-refractivity contribution in [1.29, 1.82) is 5.41 Å². The van der Waals surface area contributed by atoms with Crippen LogP contribution in [0.25, 0.3) is 0 Å². The van der Waals surface area contributed by atoms with Crippen molar-refractivity contribution in [3.63, 3.8) is 0 Å². The first-order chi connectivity index (χ1) is 15.4. The molecular formula is C23H27N5O2S2. The van der Waals surface area contributed by atoms with Gasteiger partial charge in [0, 0.05) is 41.5 Å². The van der Waals surface area contributed by atoms with Crippen LogP contribution < -0.4 is 15.5 Å². The van der Waals surface area contributed by atoms with Crippen molar-refractivity contribution in [3.8, 4) is 0 Å². The van der Waals surface area contributed by atoms with E-state index in [4.69, 9.17) is 15.4 Å². The van der Waals surface area contributed by atoms with Crippen LogP contribution in [0, 0.1) is 12.3 Å². The number of carbonyl (C=O) groups is 1. The Morgan fingerprint density at radius 2 is 2.09 bits per heavy atom. The molecule has 32 heavy (non-hydrogen) atoms. The summed E-state index contributed by atoms with van der Waals surface area (Å²) in [7, 11) is 0. The van der Waals surface area contributed by atoms with Crippen molar-refractivity contribution in [2.75, 3.05) is 24.4 Å². The molecule has 0 aromatic heterocycles. The van der Waals surface area contributed by atoms with Gasteiger partial charge in [-0.25, -0.2) is 5.06 Å². The van der Waals surface area contributed by atoms with E-state index in [9.17, 15) is 4.79 Å². The highest BCUT2D eigenvalue weighted by Crippen LogP contribution is 2.50. The van der Waals surface area contributed by atoms with Gasteiger partial charge in [0.25, 0.3) is 0 Å². The lowest BCUT2D eigenvalue weighted by Crippen LogP contribution is -2.37. The molecule has 7 nitrogen and oxygen atoms in total. The summed E-state index contributed by atoms with van der Waals surface area (Å²) >= 11 is 2.76. The second-order valence-electron chi connectivity index (χ2n) is 7.77. The highest BCUT2D eigenvalue weighted by Gasteiger charge is 2.32. The maximum atomic E-state index is 13.0. The van der Waals surface area contributed by atoms with Crippen LogP contribution in [0.3, 0.4) is 0 Å². The molecule has 0 spiro atoms. The number of nitrogens with zero attached hydrogens (tertiary/aromatic N) is 2. The largest absolute Gasteiger partial charge is 0.332 e. The number of hydrogen-bond donors (Lipinski definition) is 3. The van der Waals surface area contributed by atoms with E-state index in [0.29, 0.717) is 12.3 Å². The Balaban J connectivity index is 1.34. The van der Waals surface area contributed by atoms with Crippen LogP contribution in [-0.4, -0.2) is 35.9 Å². The number of amides is 1. The number of hydrogen-bond acceptors (Lipinski definition) is 8. The molecule has 2 aliphatic rings. The van der Waals surface area contributed by atoms with Gasteiger partial charge < -0.3 is 20.8 Å². The Bertz CT molecular complexity index is 1090. The van der Waals surface area contributed by atoms with Gasteiger partial charge in [0.05, 0.1) is 23.6 Å². The molecule has 1 fully saturated rings. The van der Waals surface area contributed by atoms with Gasteiger partial charge in [-0.05, 0) is 60.2 Å². The molecule has 9 heteroatoms. The maximum Gasteiger partial charge on any atom is 0.244 e. The highest BCUT2D eigenvalue weighted by atomic mass is 32.2. The molecule has 2 aromatic rings. The normalized spacial score (nSPS) is 17.0. The number of aryl methyl sites for hydroxylation is 2. The van der Waals surface area contributed by atoms with E-state index in [1.807, 2.05) is 49.6 Å². The van der Waals surface area contributed by atoms with Crippen LogP contribution >= 0.6 is 24.0 Å². The minimum absolute atomic E-state index is 0.158. The van der Waals surface area contributed by atoms with Crippen molar-refractivity contribution < 1.29 is 9.08 Å². The number of likely N-dealkylation sites (tertiary alicyclic amines) is 1. The standard InChI is InChI=1S/C23H27N5O2S2/c1-4-15-5-6-16(9-14(15)2)22(25)23(29)27-12-17(19(24)13-27)11-26-32-18-7-8-20-21(10-18)28(20)30-31-3/h5-11,22,24,26H,4,12-13,25H2,1-3H3/b17-11-,24-19?. The molecule has 1 atom stereocenters. The third kappa shape index (κ3) is 4.66. The van der Waals surface area contributed by atoms with Gasteiger partial charge in [-0.3, -0.25) is 4.79 Å². The molecule has 1 saturated heterocycles. The third-order valence-corrected chi connectivity index (χ3v) is 6.70. The number of carbonyl (C=O) groups excluding carboxylic acids is 1. The molecule has 1 unspecified atom stereocenters. The van der Waals surface area contributed by atoms with Crippen molar-refractivity contribution in [2.45, 2.75) is 31.2 Å². The zero-order valence-corrected chi connectivity index (χ0v) is 20.0. The molecule has 0 radical (unpaired) electrons. The van der Waals surface area contributed by atoms with Crippen LogP contribution in [0.1, 0.15) is 29.7 Å². The molecule has 0 bridgehead atoms. The molecule has 2 heterocycles. The number of anilines is 2. The Morgan fingerprint density at radius 3 is 2.81 bits per heavy atom. The molecule has 4 rings (SSSR count). The second-order valence-corrected chi connectivity index (χ2v) is 9.16. The van der Waals surface area contributed by atoms with Gasteiger partial charge in [0.15, 0.2) is 0 Å². The lowest BCUT2D eigenvalue weighted by Gasteiger charge is -2.20. The Hall–Kier alpha value is -2.46. The van der Waals surface area contributed by atoms with Gasteiger partial charge >= 0.3 is 0 Å². The average Bonchev–Trinajstić information content (AvgIpc) is 3.34. The van der Waals surface area contributed by atoms with Crippen LogP contribution in [0.4, 0.5) is 11.4 Å². The predicted octanol–water partition coefficient (Wildman–Crippen LogP) is 4.26. The topological polar surface area (TPSA) is 94.5 Å². The SMILES string of the molecule is CCc1ccc(C(N)C(=O)N2CC(=N)/C(=C\NSc3ccc4c(c3)N4OSC)C2)cc1C. The monoisotopic (exact) mass is 469 g/mol. The second kappa shape index (κ2) is 9.58. The quantitative estimate of drug-likeness (QED) is 0.302. The van der Waals surface area contributed by atoms with E-state index in [1.165, 1.54) is 29.6 Å². The summed E-state index contributed by atoms with van der Waals surface area (Å²) in [4.78, 5) is 15.6. The van der Waals surface area contributed by atoms with Crippen LogP contribution in [0.15, 0.2) is 53.1 Å². The zero-order valence-electron chi connectivity index (χ0n) is 18.3. The van der Waals surface area contributed by atoms with Gasteiger partial charge in [-0.2, -0.15) is 4.28 Å². The maximum absolute atomic E-state index is 13.0. The number of rotatable bonds is 8. The van der Waals surface area contributed by atoms with E-state index in [-0.39, 0.29) is 12.5 Å². The van der Waals surface area contributed by atoms with Crippen LogP contribution in [-0.2, 0) is 15.5 Å². The lowest BCUT2D eigenvalue weighted by molar-refractivity contribution is -0.131. The van der Waals surface area contributed by atoms with Crippen molar-refractivity contribution in [3.05, 3.63) is 64.9 Å². The van der Waals surface area contributed by atoms with Gasteiger partial charge in [-0.15, -0.1) is 0 Å². The molecule has 168 valence electrons. The lowest BCUT2D eigenvalue weighted by atomic mass is 9.99. The molecule has 0 aliphatic carbocycles. The van der Waals surface area contributed by atoms with Crippen LogP contribution in [0.2, 0.25) is 0 Å². The molecular weight excluding hydrogens is 442 g/mol. The number of nitrogens with two attached hydrogens (primary N) is 1. The molecule has 1 amide bonds. The van der Waals surface area contributed by atoms with Crippen molar-refractivity contribution in [1.82, 2.24) is 9.62 Å². The van der Waals surface area contributed by atoms with E-state index >= 15 is 0 Å². The summed E-state index contributed by atoms with van der Waals surface area (Å²) in [6.45, 7) is 4.81. The minimum Gasteiger partial charge on any atom is -0.332 e. The van der Waals surface area contributed by atoms with E-state index < -0.39 is 6.04 Å². The summed E-state index contributed by atoms with van der Waals surface area (Å²) in [5.74, 6) is -0.158. The van der Waals surface area contributed by atoms with E-state index in [0.717, 1.165) is 39.4 Å². The summed E-state index contributed by atoms with van der Waals surface area (Å²) in [6.07, 6.45) is 4.63. The molecule has 4 N–H and O–H groups in total. The number of benzene rings is 2. The Labute approximate surface area is 197 Å². The molecule has 2 aliphatic heterocycles. The molecule has 0 saturated carbocycles. The summed E-state index contributed by atoms with van der Waals surface area (Å²) in [6, 6.07) is 11.3. The first-order valence-electron chi connectivity index (χ1n) is 10.4.